The lowest BCUT2D eigenvalue weighted by Gasteiger charge is -2.24. The maximum Gasteiger partial charge on any atom is 0.303 e. The third-order valence-electron chi connectivity index (χ3n) is 3.61. The molecule has 0 spiro atoms. The van der Waals surface area contributed by atoms with Gasteiger partial charge < -0.3 is 5.11 Å². The third-order valence-corrected chi connectivity index (χ3v) is 3.61. The fourth-order valence-electron chi connectivity index (χ4n) is 2.57. The first kappa shape index (κ1) is 12.1. The molecule has 92 valence electrons. The van der Waals surface area contributed by atoms with Crippen LogP contribution in [0.4, 0.5) is 0 Å². The molecule has 1 aromatic carbocycles. The van der Waals surface area contributed by atoms with Crippen LogP contribution in [-0.4, -0.2) is 29.1 Å². The van der Waals surface area contributed by atoms with Crippen LogP contribution in [0.1, 0.15) is 31.4 Å². The van der Waals surface area contributed by atoms with Crippen molar-refractivity contribution in [2.75, 3.05) is 13.1 Å². The van der Waals surface area contributed by atoms with Crippen molar-refractivity contribution >= 4 is 5.97 Å². The van der Waals surface area contributed by atoms with Crippen LogP contribution >= 0.6 is 0 Å². The first-order valence-electron chi connectivity index (χ1n) is 6.17. The Morgan fingerprint density at radius 3 is 2.82 bits per heavy atom. The van der Waals surface area contributed by atoms with E-state index in [-0.39, 0.29) is 0 Å². The molecule has 3 heteroatoms. The molecule has 17 heavy (non-hydrogen) atoms. The SMILES string of the molecule is C[C@H](c1ccccc1)N1CCC(CC(=O)O)C1. The Kier molecular flexibility index (Phi) is 3.79. The lowest BCUT2D eigenvalue weighted by atomic mass is 10.1. The van der Waals surface area contributed by atoms with Gasteiger partial charge in [-0.2, -0.15) is 0 Å². The number of hydrogen-bond donors (Lipinski definition) is 1. The number of benzene rings is 1. The molecule has 2 rings (SSSR count). The molecule has 1 unspecified atom stereocenters. The molecule has 3 nitrogen and oxygen atoms in total. The van der Waals surface area contributed by atoms with Gasteiger partial charge in [-0.1, -0.05) is 30.3 Å². The molecule has 0 bridgehead atoms. The fraction of sp³-hybridized carbons (Fsp3) is 0.500. The summed E-state index contributed by atoms with van der Waals surface area (Å²) in [7, 11) is 0. The standard InChI is InChI=1S/C14H19NO2/c1-11(13-5-3-2-4-6-13)15-8-7-12(10-15)9-14(16)17/h2-6,11-12H,7-10H2,1H3,(H,16,17)/t11-,12?/m1/s1. The van der Waals surface area contributed by atoms with Crippen LogP contribution in [0.25, 0.3) is 0 Å². The summed E-state index contributed by atoms with van der Waals surface area (Å²) in [6.07, 6.45) is 1.31. The van der Waals surface area contributed by atoms with Crippen LogP contribution in [0.5, 0.6) is 0 Å². The maximum atomic E-state index is 10.7. The fourth-order valence-corrected chi connectivity index (χ4v) is 2.57. The number of nitrogens with zero attached hydrogens (tertiary/aromatic N) is 1. The Morgan fingerprint density at radius 1 is 1.47 bits per heavy atom. The molecule has 0 aromatic heterocycles. The van der Waals surface area contributed by atoms with Crippen molar-refractivity contribution in [3.8, 4) is 0 Å². The van der Waals surface area contributed by atoms with E-state index < -0.39 is 5.97 Å². The summed E-state index contributed by atoms with van der Waals surface area (Å²) in [5.41, 5.74) is 1.31. The zero-order chi connectivity index (χ0) is 12.3. The molecule has 1 fully saturated rings. The van der Waals surface area contributed by atoms with Crippen LogP contribution in [0.3, 0.4) is 0 Å². The number of hydrogen-bond acceptors (Lipinski definition) is 2. The maximum absolute atomic E-state index is 10.7. The summed E-state index contributed by atoms with van der Waals surface area (Å²) < 4.78 is 0. The molecule has 1 N–H and O–H groups in total. The van der Waals surface area contributed by atoms with Crippen LogP contribution in [0, 0.1) is 5.92 Å². The molecule has 1 saturated heterocycles. The number of rotatable bonds is 4. The predicted molar refractivity (Wildman–Crippen MR) is 66.8 cm³/mol. The largest absolute Gasteiger partial charge is 0.481 e. The number of carboxylic acid groups (broad SMARTS) is 1. The van der Waals surface area contributed by atoms with E-state index in [4.69, 9.17) is 5.11 Å². The zero-order valence-corrected chi connectivity index (χ0v) is 10.2. The summed E-state index contributed by atoms with van der Waals surface area (Å²) in [5, 5.41) is 8.80. The Labute approximate surface area is 102 Å². The van der Waals surface area contributed by atoms with Gasteiger partial charge in [0.2, 0.25) is 0 Å². The van der Waals surface area contributed by atoms with Gasteiger partial charge >= 0.3 is 5.97 Å². The van der Waals surface area contributed by atoms with Gasteiger partial charge in [0.25, 0.3) is 0 Å². The average Bonchev–Trinajstić information content (AvgIpc) is 2.77. The molecule has 1 heterocycles. The summed E-state index contributed by atoms with van der Waals surface area (Å²) in [6.45, 7) is 4.11. The van der Waals surface area contributed by atoms with Crippen molar-refractivity contribution in [3.63, 3.8) is 0 Å². The van der Waals surface area contributed by atoms with Crippen molar-refractivity contribution in [1.82, 2.24) is 4.90 Å². The summed E-state index contributed by atoms with van der Waals surface area (Å²) in [6, 6.07) is 10.8. The monoisotopic (exact) mass is 233 g/mol. The Morgan fingerprint density at radius 2 is 2.18 bits per heavy atom. The lowest BCUT2D eigenvalue weighted by molar-refractivity contribution is -0.138. The van der Waals surface area contributed by atoms with E-state index in [9.17, 15) is 4.79 Å². The topological polar surface area (TPSA) is 40.5 Å². The molecular formula is C14H19NO2. The van der Waals surface area contributed by atoms with Crippen LogP contribution in [-0.2, 0) is 4.79 Å². The molecular weight excluding hydrogens is 214 g/mol. The molecule has 1 aliphatic rings. The minimum atomic E-state index is -0.677. The summed E-state index contributed by atoms with van der Waals surface area (Å²) in [5.74, 6) is -0.358. The van der Waals surface area contributed by atoms with Gasteiger partial charge in [-0.15, -0.1) is 0 Å². The van der Waals surface area contributed by atoms with Gasteiger partial charge in [-0.05, 0) is 31.4 Å². The lowest BCUT2D eigenvalue weighted by Crippen LogP contribution is -2.24. The highest BCUT2D eigenvalue weighted by atomic mass is 16.4. The van der Waals surface area contributed by atoms with Gasteiger partial charge in [0.1, 0.15) is 0 Å². The van der Waals surface area contributed by atoms with Crippen LogP contribution in [0.2, 0.25) is 0 Å². The van der Waals surface area contributed by atoms with E-state index in [1.165, 1.54) is 5.56 Å². The Hall–Kier alpha value is -1.35. The van der Waals surface area contributed by atoms with Gasteiger partial charge in [0, 0.05) is 19.0 Å². The van der Waals surface area contributed by atoms with Crippen molar-refractivity contribution in [3.05, 3.63) is 35.9 Å². The highest BCUT2D eigenvalue weighted by Gasteiger charge is 2.27. The van der Waals surface area contributed by atoms with Gasteiger partial charge in [0.15, 0.2) is 0 Å². The second kappa shape index (κ2) is 5.32. The van der Waals surface area contributed by atoms with Gasteiger partial charge in [-0.25, -0.2) is 0 Å². The van der Waals surface area contributed by atoms with Gasteiger partial charge in [-0.3, -0.25) is 9.69 Å². The summed E-state index contributed by atoms with van der Waals surface area (Å²) >= 11 is 0. The Balaban J connectivity index is 1.94. The van der Waals surface area contributed by atoms with Crippen LogP contribution in [0.15, 0.2) is 30.3 Å². The molecule has 2 atom stereocenters. The van der Waals surface area contributed by atoms with E-state index in [0.717, 1.165) is 19.5 Å². The normalized spacial score (nSPS) is 22.5. The highest BCUT2D eigenvalue weighted by Crippen LogP contribution is 2.28. The second-order valence-corrected chi connectivity index (χ2v) is 4.83. The minimum Gasteiger partial charge on any atom is -0.481 e. The van der Waals surface area contributed by atoms with Crippen molar-refractivity contribution in [2.24, 2.45) is 5.92 Å². The number of carbonyl (C=O) groups is 1. The predicted octanol–water partition coefficient (Wildman–Crippen LogP) is 2.54. The molecule has 0 saturated carbocycles. The highest BCUT2D eigenvalue weighted by molar-refractivity contribution is 5.67. The second-order valence-electron chi connectivity index (χ2n) is 4.83. The average molecular weight is 233 g/mol. The van der Waals surface area contributed by atoms with Crippen molar-refractivity contribution in [1.29, 1.82) is 0 Å². The van der Waals surface area contributed by atoms with Crippen LogP contribution < -0.4 is 0 Å². The number of aliphatic carboxylic acids is 1. The quantitative estimate of drug-likeness (QED) is 0.868. The molecule has 0 amide bonds. The first-order valence-corrected chi connectivity index (χ1v) is 6.17. The zero-order valence-electron chi connectivity index (χ0n) is 10.2. The molecule has 1 aliphatic heterocycles. The summed E-state index contributed by atoms with van der Waals surface area (Å²) in [4.78, 5) is 13.1. The Bertz CT molecular complexity index is 377. The van der Waals surface area contributed by atoms with Gasteiger partial charge in [0.05, 0.1) is 0 Å². The smallest absolute Gasteiger partial charge is 0.303 e. The molecule has 1 aromatic rings. The van der Waals surface area contributed by atoms with E-state index in [0.29, 0.717) is 18.4 Å². The van der Waals surface area contributed by atoms with E-state index in [1.54, 1.807) is 0 Å². The number of likely N-dealkylation sites (tertiary alicyclic amines) is 1. The minimum absolute atomic E-state index is 0.304. The molecule has 0 aliphatic carbocycles. The van der Waals surface area contributed by atoms with Crippen molar-refractivity contribution < 1.29 is 9.90 Å². The number of carboxylic acids is 1. The third kappa shape index (κ3) is 3.07. The molecule has 0 radical (unpaired) electrons. The van der Waals surface area contributed by atoms with E-state index >= 15 is 0 Å². The van der Waals surface area contributed by atoms with E-state index in [2.05, 4.69) is 36.1 Å². The van der Waals surface area contributed by atoms with E-state index in [1.807, 2.05) is 6.07 Å². The first-order chi connectivity index (χ1) is 8.16. The van der Waals surface area contributed by atoms with Crippen molar-refractivity contribution in [2.45, 2.75) is 25.8 Å².